The second kappa shape index (κ2) is 7.04. The fourth-order valence-corrected chi connectivity index (χ4v) is 2.58. The molecule has 7 nitrogen and oxygen atoms in total. The summed E-state index contributed by atoms with van der Waals surface area (Å²) < 4.78 is 11.0. The third-order valence-corrected chi connectivity index (χ3v) is 3.68. The summed E-state index contributed by atoms with van der Waals surface area (Å²) in [6.07, 6.45) is 7.94. The van der Waals surface area contributed by atoms with E-state index in [4.69, 9.17) is 9.47 Å². The number of methoxy groups -OCH3 is 1. The fourth-order valence-electron chi connectivity index (χ4n) is 2.58. The molecule has 0 saturated carbocycles. The van der Waals surface area contributed by atoms with Crippen LogP contribution in [0.1, 0.15) is 23.2 Å². The number of amides is 1. The van der Waals surface area contributed by atoms with Gasteiger partial charge in [0.2, 0.25) is 0 Å². The maximum atomic E-state index is 12.5. The van der Waals surface area contributed by atoms with E-state index in [9.17, 15) is 4.79 Å². The Morgan fingerprint density at radius 2 is 2.09 bits per heavy atom. The number of pyridine rings is 1. The van der Waals surface area contributed by atoms with Crippen LogP contribution in [0.2, 0.25) is 0 Å². The minimum atomic E-state index is -0.130. The van der Waals surface area contributed by atoms with Crippen LogP contribution in [0.15, 0.2) is 36.9 Å². The van der Waals surface area contributed by atoms with Crippen molar-refractivity contribution < 1.29 is 14.3 Å². The molecule has 0 aromatic carbocycles. The number of aromatic nitrogens is 3. The lowest BCUT2D eigenvalue weighted by atomic mass is 10.1. The molecular weight excluding hydrogens is 296 g/mol. The molecule has 3 rings (SSSR count). The molecule has 23 heavy (non-hydrogen) atoms. The number of piperidine rings is 1. The second-order valence-electron chi connectivity index (χ2n) is 5.25. The first-order valence-electron chi connectivity index (χ1n) is 7.49. The first kappa shape index (κ1) is 15.2. The molecule has 1 fully saturated rings. The van der Waals surface area contributed by atoms with Gasteiger partial charge in [0.1, 0.15) is 6.10 Å². The summed E-state index contributed by atoms with van der Waals surface area (Å²) >= 11 is 0. The number of ether oxygens (including phenoxy) is 2. The zero-order chi connectivity index (χ0) is 16.1. The molecule has 2 aromatic rings. The van der Waals surface area contributed by atoms with Crippen molar-refractivity contribution >= 4 is 5.91 Å². The summed E-state index contributed by atoms with van der Waals surface area (Å²) in [6, 6.07) is 3.53. The van der Waals surface area contributed by atoms with Gasteiger partial charge in [0.25, 0.3) is 17.7 Å². The van der Waals surface area contributed by atoms with Crippen LogP contribution in [0.4, 0.5) is 0 Å². The van der Waals surface area contributed by atoms with Gasteiger partial charge in [0, 0.05) is 31.3 Å². The zero-order valence-electron chi connectivity index (χ0n) is 12.9. The van der Waals surface area contributed by atoms with Crippen molar-refractivity contribution in [2.24, 2.45) is 0 Å². The van der Waals surface area contributed by atoms with Crippen LogP contribution in [0.25, 0.3) is 0 Å². The van der Waals surface area contributed by atoms with Crippen molar-refractivity contribution in [3.63, 3.8) is 0 Å². The maximum absolute atomic E-state index is 12.5. The van der Waals surface area contributed by atoms with E-state index in [1.807, 2.05) is 0 Å². The van der Waals surface area contributed by atoms with Gasteiger partial charge in [0.15, 0.2) is 0 Å². The Kier molecular flexibility index (Phi) is 4.65. The SMILES string of the molecule is COc1nccnc1OC1CCCN(C(=O)c2cccnc2)C1. The predicted octanol–water partition coefficient (Wildman–Crippen LogP) is 1.56. The predicted molar refractivity (Wildman–Crippen MR) is 82.4 cm³/mol. The largest absolute Gasteiger partial charge is 0.477 e. The van der Waals surface area contributed by atoms with Gasteiger partial charge in [0.05, 0.1) is 19.2 Å². The van der Waals surface area contributed by atoms with Crippen LogP contribution >= 0.6 is 0 Å². The Labute approximate surface area is 134 Å². The summed E-state index contributed by atoms with van der Waals surface area (Å²) in [7, 11) is 1.52. The summed E-state index contributed by atoms with van der Waals surface area (Å²) in [5.74, 6) is 0.677. The number of nitrogens with zero attached hydrogens (tertiary/aromatic N) is 4. The molecule has 0 bridgehead atoms. The van der Waals surface area contributed by atoms with E-state index in [2.05, 4.69) is 15.0 Å². The topological polar surface area (TPSA) is 77.4 Å². The number of carbonyl (C=O) groups is 1. The Balaban J connectivity index is 1.68. The molecule has 0 radical (unpaired) electrons. The molecular formula is C16H18N4O3. The van der Waals surface area contributed by atoms with Crippen LogP contribution < -0.4 is 9.47 Å². The van der Waals surface area contributed by atoms with Gasteiger partial charge < -0.3 is 14.4 Å². The Morgan fingerprint density at radius 3 is 2.83 bits per heavy atom. The van der Waals surface area contributed by atoms with Crippen molar-refractivity contribution in [1.82, 2.24) is 19.9 Å². The van der Waals surface area contributed by atoms with Gasteiger partial charge in [-0.1, -0.05) is 0 Å². The number of hydrogen-bond donors (Lipinski definition) is 0. The smallest absolute Gasteiger partial charge is 0.278 e. The average molecular weight is 314 g/mol. The summed E-state index contributed by atoms with van der Waals surface area (Å²) in [4.78, 5) is 26.5. The molecule has 3 heterocycles. The maximum Gasteiger partial charge on any atom is 0.278 e. The third-order valence-electron chi connectivity index (χ3n) is 3.68. The highest BCUT2D eigenvalue weighted by Crippen LogP contribution is 2.24. The summed E-state index contributed by atoms with van der Waals surface area (Å²) in [5.41, 5.74) is 0.588. The number of rotatable bonds is 4. The van der Waals surface area contributed by atoms with Crippen molar-refractivity contribution in [2.45, 2.75) is 18.9 Å². The standard InChI is InChI=1S/C16H18N4O3/c1-22-14-15(19-8-7-18-14)23-13-5-3-9-20(11-13)16(21)12-4-2-6-17-10-12/h2,4,6-8,10,13H,3,5,9,11H2,1H3. The van der Waals surface area contributed by atoms with E-state index in [-0.39, 0.29) is 12.0 Å². The highest BCUT2D eigenvalue weighted by atomic mass is 16.5. The first-order chi connectivity index (χ1) is 11.3. The Hall–Kier alpha value is -2.70. The van der Waals surface area contributed by atoms with E-state index >= 15 is 0 Å². The van der Waals surface area contributed by atoms with Crippen LogP contribution in [0.3, 0.4) is 0 Å². The van der Waals surface area contributed by atoms with E-state index in [1.165, 1.54) is 7.11 Å². The first-order valence-corrected chi connectivity index (χ1v) is 7.49. The van der Waals surface area contributed by atoms with Crippen molar-refractivity contribution in [1.29, 1.82) is 0 Å². The molecule has 120 valence electrons. The van der Waals surface area contributed by atoms with E-state index in [0.29, 0.717) is 30.4 Å². The molecule has 1 amide bonds. The molecule has 1 saturated heterocycles. The molecule has 1 aliphatic heterocycles. The van der Waals surface area contributed by atoms with Crippen LogP contribution in [-0.2, 0) is 0 Å². The Morgan fingerprint density at radius 1 is 1.26 bits per heavy atom. The van der Waals surface area contributed by atoms with E-state index in [1.54, 1.807) is 41.8 Å². The van der Waals surface area contributed by atoms with Gasteiger partial charge in [-0.15, -0.1) is 0 Å². The number of carbonyl (C=O) groups excluding carboxylic acids is 1. The van der Waals surface area contributed by atoms with Gasteiger partial charge >= 0.3 is 0 Å². The lowest BCUT2D eigenvalue weighted by Crippen LogP contribution is -2.44. The van der Waals surface area contributed by atoms with E-state index < -0.39 is 0 Å². The van der Waals surface area contributed by atoms with Crippen molar-refractivity contribution in [3.05, 3.63) is 42.5 Å². The van der Waals surface area contributed by atoms with Gasteiger partial charge in [-0.3, -0.25) is 9.78 Å². The van der Waals surface area contributed by atoms with Crippen LogP contribution in [-0.4, -0.2) is 52.1 Å². The molecule has 0 N–H and O–H groups in total. The fraction of sp³-hybridized carbons (Fsp3) is 0.375. The monoisotopic (exact) mass is 314 g/mol. The highest BCUT2D eigenvalue weighted by molar-refractivity contribution is 5.93. The average Bonchev–Trinajstić information content (AvgIpc) is 2.62. The molecule has 1 unspecified atom stereocenters. The minimum Gasteiger partial charge on any atom is -0.477 e. The van der Waals surface area contributed by atoms with Crippen LogP contribution in [0, 0.1) is 0 Å². The van der Waals surface area contributed by atoms with Crippen molar-refractivity contribution in [2.75, 3.05) is 20.2 Å². The molecule has 2 aromatic heterocycles. The number of likely N-dealkylation sites (tertiary alicyclic amines) is 1. The molecule has 0 spiro atoms. The molecule has 1 atom stereocenters. The molecule has 7 heteroatoms. The summed E-state index contributed by atoms with van der Waals surface area (Å²) in [6.45, 7) is 1.22. The van der Waals surface area contributed by atoms with Crippen LogP contribution in [0.5, 0.6) is 11.8 Å². The van der Waals surface area contributed by atoms with Gasteiger partial charge in [-0.2, -0.15) is 0 Å². The lowest BCUT2D eigenvalue weighted by molar-refractivity contribution is 0.0519. The van der Waals surface area contributed by atoms with Gasteiger partial charge in [-0.05, 0) is 25.0 Å². The highest BCUT2D eigenvalue weighted by Gasteiger charge is 2.27. The quantitative estimate of drug-likeness (QED) is 0.852. The minimum absolute atomic E-state index is 0.0301. The normalized spacial score (nSPS) is 17.6. The molecule has 0 aliphatic carbocycles. The second-order valence-corrected chi connectivity index (χ2v) is 5.25. The van der Waals surface area contributed by atoms with Crippen molar-refractivity contribution in [3.8, 4) is 11.8 Å². The lowest BCUT2D eigenvalue weighted by Gasteiger charge is -2.32. The summed E-state index contributed by atoms with van der Waals surface area (Å²) in [5, 5.41) is 0. The van der Waals surface area contributed by atoms with Gasteiger partial charge in [-0.25, -0.2) is 9.97 Å². The Bertz CT molecular complexity index is 665. The molecule has 1 aliphatic rings. The third kappa shape index (κ3) is 3.56. The zero-order valence-corrected chi connectivity index (χ0v) is 12.9. The number of hydrogen-bond acceptors (Lipinski definition) is 6. The van der Waals surface area contributed by atoms with E-state index in [0.717, 1.165) is 12.8 Å².